The minimum Gasteiger partial charge on any atom is -0.385 e. The van der Waals surface area contributed by atoms with Crippen molar-refractivity contribution >= 4 is 28.4 Å². The molecule has 1 aromatic carbocycles. The number of aryl methyl sites for hydroxylation is 1. The van der Waals surface area contributed by atoms with Gasteiger partial charge in [-0.2, -0.15) is 0 Å². The van der Waals surface area contributed by atoms with Crippen LogP contribution in [0.3, 0.4) is 0 Å². The monoisotopic (exact) mass is 301 g/mol. The van der Waals surface area contributed by atoms with E-state index < -0.39 is 0 Å². The van der Waals surface area contributed by atoms with Crippen molar-refractivity contribution in [3.63, 3.8) is 0 Å². The van der Waals surface area contributed by atoms with Gasteiger partial charge in [-0.05, 0) is 19.1 Å². The van der Waals surface area contributed by atoms with Gasteiger partial charge in [-0.25, -0.2) is 9.97 Å². The standard InChI is InChI=1S/C15H15N3S2/c1-11-2-4-12(5-3-11)16-7-6-13-8-20-15(18-13)14-9-19-10-17-14/h2-5,8-10,16H,6-7H2,1H3. The van der Waals surface area contributed by atoms with Crippen molar-refractivity contribution in [2.24, 2.45) is 0 Å². The SMILES string of the molecule is Cc1ccc(NCCc2csc(-c3cscn3)n2)cc1. The minimum absolute atomic E-state index is 0.892. The van der Waals surface area contributed by atoms with Crippen molar-refractivity contribution in [3.8, 4) is 10.7 Å². The molecule has 0 bridgehead atoms. The molecule has 0 aliphatic carbocycles. The van der Waals surface area contributed by atoms with E-state index in [1.807, 2.05) is 10.9 Å². The van der Waals surface area contributed by atoms with Gasteiger partial charge < -0.3 is 5.32 Å². The molecule has 2 aromatic heterocycles. The van der Waals surface area contributed by atoms with E-state index >= 15 is 0 Å². The fourth-order valence-electron chi connectivity index (χ4n) is 1.86. The van der Waals surface area contributed by atoms with E-state index in [2.05, 4.69) is 51.9 Å². The lowest BCUT2D eigenvalue weighted by Gasteiger charge is -2.05. The van der Waals surface area contributed by atoms with E-state index in [1.54, 1.807) is 22.7 Å². The number of anilines is 1. The lowest BCUT2D eigenvalue weighted by Crippen LogP contribution is -2.04. The number of hydrogen-bond acceptors (Lipinski definition) is 5. The van der Waals surface area contributed by atoms with Gasteiger partial charge in [0.15, 0.2) is 0 Å². The molecule has 20 heavy (non-hydrogen) atoms. The summed E-state index contributed by atoms with van der Waals surface area (Å²) in [6.45, 7) is 2.99. The van der Waals surface area contributed by atoms with Crippen LogP contribution in [0.5, 0.6) is 0 Å². The zero-order valence-corrected chi connectivity index (χ0v) is 12.8. The van der Waals surface area contributed by atoms with Crippen LogP contribution in [0, 0.1) is 6.92 Å². The second-order valence-corrected chi connectivity index (χ2v) is 6.14. The molecule has 5 heteroatoms. The van der Waals surface area contributed by atoms with Crippen molar-refractivity contribution in [1.82, 2.24) is 9.97 Å². The van der Waals surface area contributed by atoms with Gasteiger partial charge in [0.05, 0.1) is 11.2 Å². The summed E-state index contributed by atoms with van der Waals surface area (Å²) < 4.78 is 0. The van der Waals surface area contributed by atoms with Gasteiger partial charge in [-0.15, -0.1) is 22.7 Å². The van der Waals surface area contributed by atoms with E-state index in [0.717, 1.165) is 35.0 Å². The lowest BCUT2D eigenvalue weighted by molar-refractivity contribution is 0.978. The fraction of sp³-hybridized carbons (Fsp3) is 0.200. The lowest BCUT2D eigenvalue weighted by atomic mass is 10.2. The Bertz CT molecular complexity index is 657. The molecule has 102 valence electrons. The van der Waals surface area contributed by atoms with Crippen molar-refractivity contribution in [1.29, 1.82) is 0 Å². The van der Waals surface area contributed by atoms with E-state index in [-0.39, 0.29) is 0 Å². The summed E-state index contributed by atoms with van der Waals surface area (Å²) in [5.74, 6) is 0. The highest BCUT2D eigenvalue weighted by Crippen LogP contribution is 2.23. The Morgan fingerprint density at radius 3 is 2.75 bits per heavy atom. The molecule has 0 spiro atoms. The summed E-state index contributed by atoms with van der Waals surface area (Å²) >= 11 is 3.26. The van der Waals surface area contributed by atoms with Crippen LogP contribution in [0.4, 0.5) is 5.69 Å². The molecule has 0 saturated heterocycles. The smallest absolute Gasteiger partial charge is 0.142 e. The molecule has 0 atom stereocenters. The third-order valence-electron chi connectivity index (χ3n) is 2.97. The highest BCUT2D eigenvalue weighted by atomic mass is 32.1. The number of rotatable bonds is 5. The van der Waals surface area contributed by atoms with Crippen molar-refractivity contribution < 1.29 is 0 Å². The van der Waals surface area contributed by atoms with E-state index in [0.29, 0.717) is 0 Å². The summed E-state index contributed by atoms with van der Waals surface area (Å²) in [5, 5.41) is 8.58. The maximum Gasteiger partial charge on any atom is 0.142 e. The van der Waals surface area contributed by atoms with Crippen LogP contribution in [-0.4, -0.2) is 16.5 Å². The van der Waals surface area contributed by atoms with Gasteiger partial charge >= 0.3 is 0 Å². The molecule has 0 radical (unpaired) electrons. The van der Waals surface area contributed by atoms with Crippen LogP contribution in [0.2, 0.25) is 0 Å². The molecular formula is C15H15N3S2. The zero-order valence-electron chi connectivity index (χ0n) is 11.2. The Kier molecular flexibility index (Phi) is 4.08. The van der Waals surface area contributed by atoms with Crippen LogP contribution in [0.15, 0.2) is 40.5 Å². The summed E-state index contributed by atoms with van der Waals surface area (Å²) in [6, 6.07) is 8.45. The first kappa shape index (κ1) is 13.3. The number of thiazole rings is 2. The maximum atomic E-state index is 4.62. The normalized spacial score (nSPS) is 10.7. The Balaban J connectivity index is 1.55. The molecule has 1 N–H and O–H groups in total. The molecular weight excluding hydrogens is 286 g/mol. The molecule has 3 aromatic rings. The predicted molar refractivity (Wildman–Crippen MR) is 86.6 cm³/mol. The first-order valence-corrected chi connectivity index (χ1v) is 8.27. The van der Waals surface area contributed by atoms with Crippen LogP contribution in [0.25, 0.3) is 10.7 Å². The fourth-order valence-corrected chi connectivity index (χ4v) is 3.30. The van der Waals surface area contributed by atoms with Crippen molar-refractivity contribution in [2.75, 3.05) is 11.9 Å². The molecule has 3 nitrogen and oxygen atoms in total. The molecule has 0 aliphatic rings. The summed E-state index contributed by atoms with van der Waals surface area (Å²) in [6.07, 6.45) is 0.925. The number of benzene rings is 1. The molecule has 2 heterocycles. The molecule has 0 unspecified atom stereocenters. The van der Waals surface area contributed by atoms with Crippen molar-refractivity contribution in [3.05, 3.63) is 51.8 Å². The zero-order chi connectivity index (χ0) is 13.8. The quantitative estimate of drug-likeness (QED) is 0.766. The highest BCUT2D eigenvalue weighted by molar-refractivity contribution is 7.13. The average Bonchev–Trinajstić information content (AvgIpc) is 3.11. The number of nitrogens with zero attached hydrogens (tertiary/aromatic N) is 2. The van der Waals surface area contributed by atoms with E-state index in [1.165, 1.54) is 5.56 Å². The summed E-state index contributed by atoms with van der Waals surface area (Å²) in [5.41, 5.74) is 6.39. The summed E-state index contributed by atoms with van der Waals surface area (Å²) in [7, 11) is 0. The highest BCUT2D eigenvalue weighted by Gasteiger charge is 2.06. The second-order valence-electron chi connectivity index (χ2n) is 4.56. The van der Waals surface area contributed by atoms with E-state index in [4.69, 9.17) is 0 Å². The third-order valence-corrected chi connectivity index (χ3v) is 4.47. The maximum absolute atomic E-state index is 4.62. The molecule has 3 rings (SSSR count). The Morgan fingerprint density at radius 2 is 2.00 bits per heavy atom. The molecule has 0 saturated carbocycles. The van der Waals surface area contributed by atoms with Gasteiger partial charge in [-0.3, -0.25) is 0 Å². The van der Waals surface area contributed by atoms with Gasteiger partial charge in [0.25, 0.3) is 0 Å². The Hall–Kier alpha value is -1.72. The topological polar surface area (TPSA) is 37.8 Å². The number of aromatic nitrogens is 2. The van der Waals surface area contributed by atoms with Gasteiger partial charge in [-0.1, -0.05) is 17.7 Å². The van der Waals surface area contributed by atoms with Crippen LogP contribution >= 0.6 is 22.7 Å². The van der Waals surface area contributed by atoms with Crippen LogP contribution in [-0.2, 0) is 6.42 Å². The van der Waals surface area contributed by atoms with Gasteiger partial charge in [0, 0.05) is 29.4 Å². The van der Waals surface area contributed by atoms with Crippen LogP contribution in [0.1, 0.15) is 11.3 Å². The number of hydrogen-bond donors (Lipinski definition) is 1. The average molecular weight is 301 g/mol. The third kappa shape index (κ3) is 3.23. The largest absolute Gasteiger partial charge is 0.385 e. The van der Waals surface area contributed by atoms with Crippen LogP contribution < -0.4 is 5.32 Å². The summed E-state index contributed by atoms with van der Waals surface area (Å²) in [4.78, 5) is 8.91. The van der Waals surface area contributed by atoms with E-state index in [9.17, 15) is 0 Å². The molecule has 0 aliphatic heterocycles. The molecule has 0 amide bonds. The minimum atomic E-state index is 0.892. The molecule has 0 fully saturated rings. The second kappa shape index (κ2) is 6.15. The van der Waals surface area contributed by atoms with Gasteiger partial charge in [0.1, 0.15) is 10.7 Å². The predicted octanol–water partition coefficient (Wildman–Crippen LogP) is 4.23. The first-order valence-electron chi connectivity index (χ1n) is 6.45. The Morgan fingerprint density at radius 1 is 1.15 bits per heavy atom. The Labute approximate surface area is 126 Å². The van der Waals surface area contributed by atoms with Crippen molar-refractivity contribution in [2.45, 2.75) is 13.3 Å². The number of nitrogens with one attached hydrogen (secondary N) is 1. The van der Waals surface area contributed by atoms with Gasteiger partial charge in [0.2, 0.25) is 0 Å². The first-order chi connectivity index (χ1) is 9.81.